The smallest absolute Gasteiger partial charge is 0.220 e. The second kappa shape index (κ2) is 8.10. The van der Waals surface area contributed by atoms with Crippen molar-refractivity contribution in [3.63, 3.8) is 0 Å². The van der Waals surface area contributed by atoms with Crippen LogP contribution >= 0.6 is 11.8 Å². The Morgan fingerprint density at radius 3 is 2.53 bits per heavy atom. The van der Waals surface area contributed by atoms with Crippen molar-refractivity contribution in [2.24, 2.45) is 0 Å². The van der Waals surface area contributed by atoms with Crippen molar-refractivity contribution in [2.45, 2.75) is 38.6 Å². The van der Waals surface area contributed by atoms with E-state index in [4.69, 9.17) is 5.73 Å². The van der Waals surface area contributed by atoms with Gasteiger partial charge < -0.3 is 11.1 Å². The molecule has 0 saturated carbocycles. The second-order valence-electron chi connectivity index (χ2n) is 5.02. The summed E-state index contributed by atoms with van der Waals surface area (Å²) in [6, 6.07) is 7.99. The summed E-state index contributed by atoms with van der Waals surface area (Å²) in [7, 11) is 0. The molecule has 3 nitrogen and oxygen atoms in total. The summed E-state index contributed by atoms with van der Waals surface area (Å²) in [6.07, 6.45) is 3.62. The van der Waals surface area contributed by atoms with Crippen molar-refractivity contribution in [3.05, 3.63) is 29.8 Å². The van der Waals surface area contributed by atoms with E-state index in [1.807, 2.05) is 24.3 Å². The van der Waals surface area contributed by atoms with Crippen molar-refractivity contribution in [3.8, 4) is 0 Å². The third-order valence-corrected chi connectivity index (χ3v) is 3.80. The zero-order valence-corrected chi connectivity index (χ0v) is 12.8. The number of carbonyl (C=O) groups excluding carboxylic acids is 1. The molecule has 1 amide bonds. The molecule has 1 aromatic carbocycles. The molecule has 3 N–H and O–H groups in total. The summed E-state index contributed by atoms with van der Waals surface area (Å²) in [5, 5.41) is 3.05. The Balaban J connectivity index is 2.41. The summed E-state index contributed by atoms with van der Waals surface area (Å²) >= 11 is 1.81. The lowest BCUT2D eigenvalue weighted by Gasteiger charge is -2.16. The van der Waals surface area contributed by atoms with Gasteiger partial charge in [-0.2, -0.15) is 11.8 Å². The Morgan fingerprint density at radius 2 is 1.95 bits per heavy atom. The largest absolute Gasteiger partial charge is 0.399 e. The van der Waals surface area contributed by atoms with Crippen molar-refractivity contribution in [2.75, 3.05) is 17.7 Å². The lowest BCUT2D eigenvalue weighted by atomic mass is 9.97. The molecule has 106 valence electrons. The highest BCUT2D eigenvalue weighted by atomic mass is 32.2. The zero-order valence-electron chi connectivity index (χ0n) is 12.0. The summed E-state index contributed by atoms with van der Waals surface area (Å²) in [6.45, 7) is 4.12. The molecule has 0 aromatic heterocycles. The van der Waals surface area contributed by atoms with Gasteiger partial charge in [0.05, 0.1) is 0 Å². The first-order chi connectivity index (χ1) is 9.02. The molecule has 0 aliphatic rings. The van der Waals surface area contributed by atoms with E-state index in [2.05, 4.69) is 25.4 Å². The van der Waals surface area contributed by atoms with Crippen molar-refractivity contribution in [1.82, 2.24) is 5.32 Å². The van der Waals surface area contributed by atoms with E-state index in [0.29, 0.717) is 6.42 Å². The average Bonchev–Trinajstić information content (AvgIpc) is 2.36. The van der Waals surface area contributed by atoms with Gasteiger partial charge in [-0.25, -0.2) is 0 Å². The predicted molar refractivity (Wildman–Crippen MR) is 84.5 cm³/mol. The van der Waals surface area contributed by atoms with Crippen LogP contribution in [0.25, 0.3) is 0 Å². The predicted octanol–water partition coefficient (Wildman–Crippen LogP) is 3.02. The number of nitrogens with one attached hydrogen (secondary N) is 1. The maximum Gasteiger partial charge on any atom is 0.220 e. The zero-order chi connectivity index (χ0) is 14.3. The first kappa shape index (κ1) is 15.9. The third-order valence-electron chi connectivity index (χ3n) is 3.16. The Hall–Kier alpha value is -1.16. The number of hydrogen-bond acceptors (Lipinski definition) is 3. The van der Waals surface area contributed by atoms with Gasteiger partial charge in [0.15, 0.2) is 0 Å². The minimum Gasteiger partial charge on any atom is -0.399 e. The molecule has 0 fully saturated rings. The summed E-state index contributed by atoms with van der Waals surface area (Å²) in [4.78, 5) is 11.9. The quantitative estimate of drug-likeness (QED) is 0.755. The van der Waals surface area contributed by atoms with E-state index in [1.54, 1.807) is 11.8 Å². The van der Waals surface area contributed by atoms with Crippen LogP contribution in [0.5, 0.6) is 0 Å². The fourth-order valence-electron chi connectivity index (χ4n) is 1.92. The standard InChI is InChI=1S/C15H24N2OS/c1-11(13-4-6-14(16)7-5-13)10-15(18)17-12(2)8-9-19-3/h4-7,11-12H,8-10,16H2,1-3H3,(H,17,18). The van der Waals surface area contributed by atoms with E-state index < -0.39 is 0 Å². The summed E-state index contributed by atoms with van der Waals surface area (Å²) in [5.41, 5.74) is 7.57. The number of amides is 1. The van der Waals surface area contributed by atoms with Crippen molar-refractivity contribution >= 4 is 23.4 Å². The molecule has 2 atom stereocenters. The van der Waals surface area contributed by atoms with E-state index in [-0.39, 0.29) is 17.9 Å². The fraction of sp³-hybridized carbons (Fsp3) is 0.533. The number of benzene rings is 1. The van der Waals surface area contributed by atoms with Gasteiger partial charge in [0, 0.05) is 18.2 Å². The fourth-order valence-corrected chi connectivity index (χ4v) is 2.51. The minimum atomic E-state index is 0.123. The number of thioether (sulfide) groups is 1. The molecule has 0 bridgehead atoms. The molecule has 0 aliphatic carbocycles. The van der Waals surface area contributed by atoms with Crippen LogP contribution in [0.3, 0.4) is 0 Å². The molecule has 0 aliphatic heterocycles. The molecular formula is C15H24N2OS. The van der Waals surface area contributed by atoms with Gasteiger partial charge in [-0.1, -0.05) is 19.1 Å². The van der Waals surface area contributed by atoms with E-state index in [0.717, 1.165) is 23.4 Å². The molecule has 2 unspecified atom stereocenters. The van der Waals surface area contributed by atoms with E-state index in [1.165, 1.54) is 0 Å². The van der Waals surface area contributed by atoms with E-state index >= 15 is 0 Å². The topological polar surface area (TPSA) is 55.1 Å². The Labute approximate surface area is 120 Å². The molecule has 0 spiro atoms. The van der Waals surface area contributed by atoms with Gasteiger partial charge >= 0.3 is 0 Å². The van der Waals surface area contributed by atoms with Gasteiger partial charge in [0.25, 0.3) is 0 Å². The monoisotopic (exact) mass is 280 g/mol. The van der Waals surface area contributed by atoms with Crippen LogP contribution in [0.1, 0.15) is 38.2 Å². The maximum absolute atomic E-state index is 11.9. The number of hydrogen-bond donors (Lipinski definition) is 2. The first-order valence-corrected chi connectivity index (χ1v) is 8.06. The number of carbonyl (C=O) groups is 1. The van der Waals surface area contributed by atoms with E-state index in [9.17, 15) is 4.79 Å². The van der Waals surface area contributed by atoms with Crippen LogP contribution in [-0.2, 0) is 4.79 Å². The Bertz CT molecular complexity index is 392. The normalized spacial score (nSPS) is 13.8. The second-order valence-corrected chi connectivity index (χ2v) is 6.01. The van der Waals surface area contributed by atoms with Crippen LogP contribution in [0.4, 0.5) is 5.69 Å². The number of nitrogens with two attached hydrogens (primary N) is 1. The SMILES string of the molecule is CSCCC(C)NC(=O)CC(C)c1ccc(N)cc1. The molecule has 4 heteroatoms. The maximum atomic E-state index is 11.9. The average molecular weight is 280 g/mol. The van der Waals surface area contributed by atoms with Crippen molar-refractivity contribution in [1.29, 1.82) is 0 Å². The number of rotatable bonds is 7. The van der Waals surface area contributed by atoms with Gasteiger partial charge in [0.1, 0.15) is 0 Å². The molecular weight excluding hydrogens is 256 g/mol. The van der Waals surface area contributed by atoms with Gasteiger partial charge in [0.2, 0.25) is 5.91 Å². The number of anilines is 1. The van der Waals surface area contributed by atoms with Gasteiger partial charge in [-0.3, -0.25) is 4.79 Å². The summed E-state index contributed by atoms with van der Waals surface area (Å²) in [5.74, 6) is 1.42. The van der Waals surface area contributed by atoms with Crippen LogP contribution in [-0.4, -0.2) is 24.0 Å². The number of nitrogen functional groups attached to an aromatic ring is 1. The Morgan fingerprint density at radius 1 is 1.32 bits per heavy atom. The minimum absolute atomic E-state index is 0.123. The Kier molecular flexibility index (Phi) is 6.78. The highest BCUT2D eigenvalue weighted by molar-refractivity contribution is 7.98. The van der Waals surface area contributed by atoms with Crippen molar-refractivity contribution < 1.29 is 4.79 Å². The molecule has 0 heterocycles. The third kappa shape index (κ3) is 6.01. The molecule has 1 aromatic rings. The highest BCUT2D eigenvalue weighted by Gasteiger charge is 2.13. The van der Waals surface area contributed by atoms with Gasteiger partial charge in [-0.05, 0) is 49.0 Å². The van der Waals surface area contributed by atoms with Gasteiger partial charge in [-0.15, -0.1) is 0 Å². The van der Waals surface area contributed by atoms with Crippen LogP contribution in [0, 0.1) is 0 Å². The van der Waals surface area contributed by atoms with Crippen LogP contribution in [0.2, 0.25) is 0 Å². The molecule has 0 radical (unpaired) electrons. The molecule has 19 heavy (non-hydrogen) atoms. The molecule has 1 rings (SSSR count). The lowest BCUT2D eigenvalue weighted by Crippen LogP contribution is -2.33. The highest BCUT2D eigenvalue weighted by Crippen LogP contribution is 2.20. The lowest BCUT2D eigenvalue weighted by molar-refractivity contribution is -0.122. The van der Waals surface area contributed by atoms with Crippen LogP contribution in [0.15, 0.2) is 24.3 Å². The first-order valence-electron chi connectivity index (χ1n) is 6.66. The van der Waals surface area contributed by atoms with Crippen LogP contribution < -0.4 is 11.1 Å². The summed E-state index contributed by atoms with van der Waals surface area (Å²) < 4.78 is 0. The molecule has 0 saturated heterocycles.